The molecular weight excluding hydrogens is 432 g/mol. The molecule has 3 rings (SSSR count). The molecule has 0 spiro atoms. The number of alkyl halides is 2. The zero-order valence-electron chi connectivity index (χ0n) is 13.7. The number of benzene rings is 1. The number of guanidine groups is 1. The Hall–Kier alpha value is -2.07. The van der Waals surface area contributed by atoms with Gasteiger partial charge in [-0.25, -0.2) is 0 Å². The summed E-state index contributed by atoms with van der Waals surface area (Å²) < 4.78 is 41.5. The third kappa shape index (κ3) is 4.76. The van der Waals surface area contributed by atoms with Gasteiger partial charge >= 0.3 is 6.61 Å². The molecule has 2 N–H and O–H groups in total. The molecule has 0 saturated carbocycles. The maximum atomic E-state index is 12.7. The molecule has 2 heterocycles. The van der Waals surface area contributed by atoms with Crippen LogP contribution < -0.4 is 24.8 Å². The number of rotatable bonds is 6. The van der Waals surface area contributed by atoms with E-state index in [-0.39, 0.29) is 19.1 Å². The number of halogens is 3. The molecule has 1 aromatic heterocycles. The average Bonchev–Trinajstić information content (AvgIpc) is 3.22. The minimum absolute atomic E-state index is 0.0365. The lowest BCUT2D eigenvalue weighted by Gasteiger charge is -2.15. The van der Waals surface area contributed by atoms with E-state index in [4.69, 9.17) is 9.47 Å². The first-order valence-corrected chi connectivity index (χ1v) is 9.27. The summed E-state index contributed by atoms with van der Waals surface area (Å²) >= 11 is 5.02. The number of nitrogens with one attached hydrogen (secondary N) is 2. The van der Waals surface area contributed by atoms with E-state index in [1.807, 2.05) is 11.4 Å². The molecule has 0 atom stereocenters. The zero-order chi connectivity index (χ0) is 18.5. The summed E-state index contributed by atoms with van der Waals surface area (Å²) in [5, 5.41) is 8.24. The van der Waals surface area contributed by atoms with E-state index in [2.05, 4.69) is 36.3 Å². The van der Waals surface area contributed by atoms with Gasteiger partial charge in [0.1, 0.15) is 5.75 Å². The van der Waals surface area contributed by atoms with Crippen molar-refractivity contribution in [1.82, 2.24) is 10.6 Å². The van der Waals surface area contributed by atoms with Crippen LogP contribution in [0, 0.1) is 0 Å². The Bertz CT molecular complexity index is 801. The fraction of sp³-hybridized carbons (Fsp3) is 0.312. The predicted molar refractivity (Wildman–Crippen MR) is 98.3 cm³/mol. The largest absolute Gasteiger partial charge is 0.454 e. The van der Waals surface area contributed by atoms with Crippen LogP contribution in [-0.2, 0) is 13.1 Å². The zero-order valence-corrected chi connectivity index (χ0v) is 16.1. The number of thiophene rings is 1. The minimum atomic E-state index is -2.93. The Kier molecular flexibility index (Phi) is 6.15. The summed E-state index contributed by atoms with van der Waals surface area (Å²) in [7, 11) is 1.63. The Morgan fingerprint density at radius 2 is 2.00 bits per heavy atom. The second-order valence-corrected chi connectivity index (χ2v) is 7.11. The lowest BCUT2D eigenvalue weighted by Crippen LogP contribution is -2.36. The molecule has 1 aliphatic heterocycles. The van der Waals surface area contributed by atoms with Gasteiger partial charge in [-0.05, 0) is 28.1 Å². The molecule has 26 heavy (non-hydrogen) atoms. The van der Waals surface area contributed by atoms with Gasteiger partial charge in [0.15, 0.2) is 17.5 Å². The van der Waals surface area contributed by atoms with Crippen molar-refractivity contribution in [1.29, 1.82) is 0 Å². The second-order valence-electron chi connectivity index (χ2n) is 5.20. The van der Waals surface area contributed by atoms with Gasteiger partial charge in [0.25, 0.3) is 0 Å². The Morgan fingerprint density at radius 1 is 1.27 bits per heavy atom. The highest BCUT2D eigenvalue weighted by molar-refractivity contribution is 9.10. The van der Waals surface area contributed by atoms with Crippen molar-refractivity contribution < 1.29 is 23.0 Å². The monoisotopic (exact) mass is 447 g/mol. The van der Waals surface area contributed by atoms with Crippen LogP contribution in [0.2, 0.25) is 0 Å². The molecule has 2 aromatic rings. The SMILES string of the molecule is CN=C(NCc1cc(Br)cs1)NCc1cc2c(cc1OC(F)F)OCO2. The third-order valence-corrected chi connectivity index (χ3v) is 5.19. The van der Waals surface area contributed by atoms with Crippen LogP contribution in [0.3, 0.4) is 0 Å². The highest BCUT2D eigenvalue weighted by atomic mass is 79.9. The highest BCUT2D eigenvalue weighted by Gasteiger charge is 2.20. The number of fused-ring (bicyclic) bond motifs is 1. The van der Waals surface area contributed by atoms with Gasteiger partial charge in [0.05, 0.1) is 6.54 Å². The molecule has 6 nitrogen and oxygen atoms in total. The fourth-order valence-corrected chi connectivity index (χ4v) is 3.72. The first kappa shape index (κ1) is 18.7. The van der Waals surface area contributed by atoms with Gasteiger partial charge in [0.2, 0.25) is 6.79 Å². The molecule has 0 saturated heterocycles. The topological polar surface area (TPSA) is 64.1 Å². The van der Waals surface area contributed by atoms with Crippen LogP contribution in [0.1, 0.15) is 10.4 Å². The van der Waals surface area contributed by atoms with E-state index >= 15 is 0 Å². The lowest BCUT2D eigenvalue weighted by atomic mass is 10.1. The molecule has 140 valence electrons. The Morgan fingerprint density at radius 3 is 2.65 bits per heavy atom. The molecule has 1 aromatic carbocycles. The van der Waals surface area contributed by atoms with Crippen LogP contribution in [0.5, 0.6) is 17.2 Å². The van der Waals surface area contributed by atoms with Crippen LogP contribution in [-0.4, -0.2) is 26.4 Å². The maximum Gasteiger partial charge on any atom is 0.387 e. The Balaban J connectivity index is 1.65. The van der Waals surface area contributed by atoms with Crippen molar-refractivity contribution in [2.75, 3.05) is 13.8 Å². The quantitative estimate of drug-likeness (QED) is 0.521. The summed E-state index contributed by atoms with van der Waals surface area (Å²) in [4.78, 5) is 5.26. The summed E-state index contributed by atoms with van der Waals surface area (Å²) in [6.45, 7) is -2.05. The van der Waals surface area contributed by atoms with Crippen LogP contribution in [0.25, 0.3) is 0 Å². The Labute approximate surface area is 161 Å². The average molecular weight is 448 g/mol. The highest BCUT2D eigenvalue weighted by Crippen LogP contribution is 2.38. The van der Waals surface area contributed by atoms with E-state index in [9.17, 15) is 8.78 Å². The number of ether oxygens (including phenoxy) is 3. The first-order chi connectivity index (χ1) is 12.5. The second kappa shape index (κ2) is 8.54. The predicted octanol–water partition coefficient (Wildman–Crippen LogP) is 3.71. The third-order valence-electron chi connectivity index (χ3n) is 3.49. The molecule has 0 amide bonds. The number of nitrogens with zero attached hydrogens (tertiary/aromatic N) is 1. The molecule has 0 aliphatic carbocycles. The van der Waals surface area contributed by atoms with Crippen LogP contribution in [0.4, 0.5) is 8.78 Å². The summed E-state index contributed by atoms with van der Waals surface area (Å²) in [5.41, 5.74) is 0.511. The van der Waals surface area contributed by atoms with E-state index < -0.39 is 6.61 Å². The van der Waals surface area contributed by atoms with Crippen molar-refractivity contribution >= 4 is 33.2 Å². The van der Waals surface area contributed by atoms with Crippen LogP contribution in [0.15, 0.2) is 33.0 Å². The number of aliphatic imine (C=N–C) groups is 1. The standard InChI is InChI=1S/C16H16BrF2N3O3S/c1-20-16(22-6-11-3-10(17)7-26-11)21-5-9-2-13-14(24-8-23-13)4-12(9)25-15(18)19/h2-4,7,15H,5-6,8H2,1H3,(H2,20,21,22). The number of hydrogen-bond donors (Lipinski definition) is 2. The maximum absolute atomic E-state index is 12.7. The van der Waals surface area contributed by atoms with Crippen molar-refractivity contribution in [3.63, 3.8) is 0 Å². The van der Waals surface area contributed by atoms with Gasteiger partial charge in [-0.2, -0.15) is 8.78 Å². The first-order valence-electron chi connectivity index (χ1n) is 7.60. The van der Waals surface area contributed by atoms with Crippen molar-refractivity contribution in [2.45, 2.75) is 19.7 Å². The summed E-state index contributed by atoms with van der Waals surface area (Å²) in [6.07, 6.45) is 0. The van der Waals surface area contributed by atoms with Gasteiger partial charge in [-0.3, -0.25) is 4.99 Å². The molecule has 0 bridgehead atoms. The fourth-order valence-electron chi connectivity index (χ4n) is 2.33. The van der Waals surface area contributed by atoms with E-state index in [0.717, 1.165) is 9.35 Å². The van der Waals surface area contributed by atoms with Crippen molar-refractivity contribution in [3.8, 4) is 17.2 Å². The van der Waals surface area contributed by atoms with Gasteiger partial charge in [-0.1, -0.05) is 0 Å². The molecule has 0 radical (unpaired) electrons. The molecule has 10 heteroatoms. The van der Waals surface area contributed by atoms with Crippen molar-refractivity contribution in [2.24, 2.45) is 4.99 Å². The summed E-state index contributed by atoms with van der Waals surface area (Å²) in [5.74, 6) is 1.45. The van der Waals surface area contributed by atoms with E-state index in [1.165, 1.54) is 6.07 Å². The van der Waals surface area contributed by atoms with Crippen LogP contribution >= 0.6 is 27.3 Å². The smallest absolute Gasteiger partial charge is 0.387 e. The lowest BCUT2D eigenvalue weighted by molar-refractivity contribution is -0.0505. The van der Waals surface area contributed by atoms with Crippen molar-refractivity contribution in [3.05, 3.63) is 38.5 Å². The van der Waals surface area contributed by atoms with Gasteiger partial charge in [0, 0.05) is 40.0 Å². The summed E-state index contributed by atoms with van der Waals surface area (Å²) in [6, 6.07) is 5.04. The normalized spacial score (nSPS) is 13.2. The molecule has 0 unspecified atom stereocenters. The molecular formula is C16H16BrF2N3O3S. The van der Waals surface area contributed by atoms with Gasteiger partial charge < -0.3 is 24.8 Å². The number of hydrogen-bond acceptors (Lipinski definition) is 5. The van der Waals surface area contributed by atoms with Gasteiger partial charge in [-0.15, -0.1) is 11.3 Å². The minimum Gasteiger partial charge on any atom is -0.454 e. The van der Waals surface area contributed by atoms with E-state index in [0.29, 0.717) is 29.6 Å². The van der Waals surface area contributed by atoms with E-state index in [1.54, 1.807) is 24.5 Å². The molecule has 0 fully saturated rings. The molecule has 1 aliphatic rings.